The molecule has 122 valence electrons. The molecule has 4 rings (SSSR count). The molecule has 0 radical (unpaired) electrons. The molecule has 0 aliphatic rings. The lowest BCUT2D eigenvalue weighted by atomic mass is 10.2. The quantitative estimate of drug-likeness (QED) is 0.571. The summed E-state index contributed by atoms with van der Waals surface area (Å²) in [5, 5.41) is 9.42. The number of rotatable bonds is 4. The van der Waals surface area contributed by atoms with E-state index in [4.69, 9.17) is 5.10 Å². The minimum atomic E-state index is 0.578. The molecule has 1 aromatic carbocycles. The lowest BCUT2D eigenvalue weighted by Crippen LogP contribution is -2.10. The second kappa shape index (κ2) is 5.91. The van der Waals surface area contributed by atoms with E-state index in [1.165, 1.54) is 15.0 Å². The molecule has 3 aromatic heterocycles. The fourth-order valence-corrected chi connectivity index (χ4v) is 3.97. The Morgan fingerprint density at radius 2 is 2.00 bits per heavy atom. The van der Waals surface area contributed by atoms with E-state index in [-0.39, 0.29) is 0 Å². The topological polar surface area (TPSA) is 42.2 Å². The summed E-state index contributed by atoms with van der Waals surface area (Å²) < 4.78 is 3.25. The summed E-state index contributed by atoms with van der Waals surface area (Å²) >= 11 is 1.79. The number of thiophene rings is 1. The van der Waals surface area contributed by atoms with E-state index in [0.29, 0.717) is 5.92 Å². The monoisotopic (exact) mass is 336 g/mol. The average Bonchev–Trinajstić information content (AvgIpc) is 3.11. The van der Waals surface area contributed by atoms with Crippen LogP contribution in [-0.4, -0.2) is 21.1 Å². The lowest BCUT2D eigenvalue weighted by Gasteiger charge is -2.08. The molecule has 0 saturated heterocycles. The van der Waals surface area contributed by atoms with Crippen LogP contribution in [0.2, 0.25) is 0 Å². The van der Waals surface area contributed by atoms with Crippen molar-refractivity contribution in [3.05, 3.63) is 48.2 Å². The highest BCUT2D eigenvalue weighted by Crippen LogP contribution is 2.35. The van der Waals surface area contributed by atoms with Crippen LogP contribution in [0.15, 0.2) is 42.5 Å². The molecule has 0 spiro atoms. The van der Waals surface area contributed by atoms with Crippen LogP contribution in [0.5, 0.6) is 0 Å². The fraction of sp³-hybridized carbons (Fsp3) is 0.263. The number of imidazole rings is 1. The number of benzene rings is 1. The Bertz CT molecular complexity index is 980. The van der Waals surface area contributed by atoms with Crippen molar-refractivity contribution in [2.75, 3.05) is 11.9 Å². The van der Waals surface area contributed by atoms with Crippen LogP contribution in [0.25, 0.3) is 26.3 Å². The predicted octanol–water partition coefficient (Wildman–Crippen LogP) is 4.99. The number of fused-ring (bicyclic) bond motifs is 2. The van der Waals surface area contributed by atoms with Gasteiger partial charge in [-0.3, -0.25) is 0 Å². The Kier molecular flexibility index (Phi) is 3.73. The van der Waals surface area contributed by atoms with Crippen LogP contribution in [0.4, 0.5) is 5.82 Å². The SMILES string of the molecule is Cc1nc2ccc(NCC(C)C)nn2c1-c1cc2ccccc2s1. The molecule has 0 unspecified atom stereocenters. The van der Waals surface area contributed by atoms with Crippen molar-refractivity contribution >= 4 is 32.9 Å². The maximum Gasteiger partial charge on any atom is 0.154 e. The zero-order chi connectivity index (χ0) is 16.7. The van der Waals surface area contributed by atoms with Gasteiger partial charge in [-0.25, -0.2) is 9.50 Å². The van der Waals surface area contributed by atoms with Crippen molar-refractivity contribution in [3.63, 3.8) is 0 Å². The molecular weight excluding hydrogens is 316 g/mol. The van der Waals surface area contributed by atoms with Gasteiger partial charge < -0.3 is 5.32 Å². The Labute approximate surface area is 145 Å². The first-order valence-electron chi connectivity index (χ1n) is 8.21. The number of hydrogen-bond acceptors (Lipinski definition) is 4. The number of aryl methyl sites for hydroxylation is 1. The first-order valence-corrected chi connectivity index (χ1v) is 9.02. The van der Waals surface area contributed by atoms with E-state index in [1.807, 2.05) is 16.6 Å². The van der Waals surface area contributed by atoms with Crippen molar-refractivity contribution in [3.8, 4) is 10.6 Å². The van der Waals surface area contributed by atoms with Gasteiger partial charge in [0.25, 0.3) is 0 Å². The molecule has 24 heavy (non-hydrogen) atoms. The fourth-order valence-electron chi connectivity index (χ4n) is 2.83. The molecule has 0 bridgehead atoms. The van der Waals surface area contributed by atoms with E-state index in [1.54, 1.807) is 11.3 Å². The van der Waals surface area contributed by atoms with E-state index in [9.17, 15) is 0 Å². The highest BCUT2D eigenvalue weighted by molar-refractivity contribution is 7.22. The van der Waals surface area contributed by atoms with E-state index >= 15 is 0 Å². The Balaban J connectivity index is 1.84. The maximum absolute atomic E-state index is 4.76. The molecule has 0 aliphatic heterocycles. The minimum absolute atomic E-state index is 0.578. The van der Waals surface area contributed by atoms with Gasteiger partial charge in [0.15, 0.2) is 5.65 Å². The second-order valence-electron chi connectivity index (χ2n) is 6.46. The van der Waals surface area contributed by atoms with Crippen LogP contribution < -0.4 is 5.32 Å². The Morgan fingerprint density at radius 1 is 1.17 bits per heavy atom. The van der Waals surface area contributed by atoms with Crippen molar-refractivity contribution < 1.29 is 0 Å². The Hall–Kier alpha value is -2.40. The summed E-state index contributed by atoms with van der Waals surface area (Å²) in [5.41, 5.74) is 2.98. The molecule has 0 atom stereocenters. The maximum atomic E-state index is 4.76. The van der Waals surface area contributed by atoms with Gasteiger partial charge >= 0.3 is 0 Å². The molecule has 5 heteroatoms. The predicted molar refractivity (Wildman–Crippen MR) is 102 cm³/mol. The zero-order valence-corrected chi connectivity index (χ0v) is 14.9. The standard InChI is InChI=1S/C19H20N4S/c1-12(2)11-20-17-8-9-18-21-13(3)19(23(18)22-17)16-10-14-6-4-5-7-15(14)24-16/h4-10,12H,11H2,1-3H3,(H,20,22). The minimum Gasteiger partial charge on any atom is -0.368 e. The van der Waals surface area contributed by atoms with Gasteiger partial charge in [-0.05, 0) is 42.5 Å². The highest BCUT2D eigenvalue weighted by Gasteiger charge is 2.15. The highest BCUT2D eigenvalue weighted by atomic mass is 32.1. The van der Waals surface area contributed by atoms with Gasteiger partial charge in [-0.1, -0.05) is 32.0 Å². The zero-order valence-electron chi connectivity index (χ0n) is 14.1. The summed E-state index contributed by atoms with van der Waals surface area (Å²) in [5.74, 6) is 1.46. The van der Waals surface area contributed by atoms with E-state index in [2.05, 4.69) is 61.4 Å². The van der Waals surface area contributed by atoms with Gasteiger partial charge in [0.1, 0.15) is 11.5 Å². The molecule has 0 amide bonds. The third-order valence-electron chi connectivity index (χ3n) is 4.00. The molecular formula is C19H20N4S. The van der Waals surface area contributed by atoms with Gasteiger partial charge in [-0.2, -0.15) is 0 Å². The summed E-state index contributed by atoms with van der Waals surface area (Å²) in [4.78, 5) is 5.88. The summed E-state index contributed by atoms with van der Waals surface area (Å²) in [6.07, 6.45) is 0. The second-order valence-corrected chi connectivity index (χ2v) is 7.54. The number of nitrogens with one attached hydrogen (secondary N) is 1. The van der Waals surface area contributed by atoms with E-state index < -0.39 is 0 Å². The van der Waals surface area contributed by atoms with Crippen molar-refractivity contribution in [2.24, 2.45) is 5.92 Å². The van der Waals surface area contributed by atoms with Crippen molar-refractivity contribution in [2.45, 2.75) is 20.8 Å². The third kappa shape index (κ3) is 2.65. The van der Waals surface area contributed by atoms with Gasteiger partial charge in [0.05, 0.1) is 10.6 Å². The van der Waals surface area contributed by atoms with Crippen LogP contribution in [0.1, 0.15) is 19.5 Å². The number of hydrogen-bond donors (Lipinski definition) is 1. The molecule has 4 aromatic rings. The van der Waals surface area contributed by atoms with Gasteiger partial charge in [-0.15, -0.1) is 16.4 Å². The molecule has 1 N–H and O–H groups in total. The first kappa shape index (κ1) is 15.1. The Morgan fingerprint density at radius 3 is 2.79 bits per heavy atom. The smallest absolute Gasteiger partial charge is 0.154 e. The normalized spacial score (nSPS) is 11.7. The van der Waals surface area contributed by atoms with E-state index in [0.717, 1.165) is 29.4 Å². The van der Waals surface area contributed by atoms with Gasteiger partial charge in [0.2, 0.25) is 0 Å². The van der Waals surface area contributed by atoms with Crippen molar-refractivity contribution in [1.29, 1.82) is 0 Å². The molecule has 0 aliphatic carbocycles. The van der Waals surface area contributed by atoms with Crippen LogP contribution >= 0.6 is 11.3 Å². The summed E-state index contributed by atoms with van der Waals surface area (Å²) in [6, 6.07) is 14.7. The number of anilines is 1. The summed E-state index contributed by atoms with van der Waals surface area (Å²) in [7, 11) is 0. The van der Waals surface area contributed by atoms with Crippen molar-refractivity contribution in [1.82, 2.24) is 14.6 Å². The lowest BCUT2D eigenvalue weighted by molar-refractivity contribution is 0.685. The number of aromatic nitrogens is 3. The number of nitrogens with zero attached hydrogens (tertiary/aromatic N) is 3. The molecule has 4 nitrogen and oxygen atoms in total. The molecule has 0 fully saturated rings. The first-order chi connectivity index (χ1) is 11.6. The van der Waals surface area contributed by atoms with Crippen LogP contribution in [0.3, 0.4) is 0 Å². The summed E-state index contributed by atoms with van der Waals surface area (Å²) in [6.45, 7) is 7.34. The molecule has 0 saturated carbocycles. The van der Waals surface area contributed by atoms with Crippen LogP contribution in [0, 0.1) is 12.8 Å². The third-order valence-corrected chi connectivity index (χ3v) is 5.12. The van der Waals surface area contributed by atoms with Crippen LogP contribution in [-0.2, 0) is 0 Å². The molecule has 3 heterocycles. The average molecular weight is 336 g/mol. The largest absolute Gasteiger partial charge is 0.368 e. The van der Waals surface area contributed by atoms with Gasteiger partial charge in [0, 0.05) is 11.2 Å².